The molecule has 3 nitrogen and oxygen atoms in total. The minimum absolute atomic E-state index is 0.526. The highest BCUT2D eigenvalue weighted by Crippen LogP contribution is 2.18. The lowest BCUT2D eigenvalue weighted by Gasteiger charge is -2.09. The number of aromatic nitrogens is 2. The number of rotatable bonds is 4. The third-order valence-electron chi connectivity index (χ3n) is 2.94. The van der Waals surface area contributed by atoms with Crippen molar-refractivity contribution in [1.29, 1.82) is 5.26 Å². The Morgan fingerprint density at radius 3 is 2.60 bits per heavy atom. The summed E-state index contributed by atoms with van der Waals surface area (Å²) < 4.78 is 4.63. The zero-order valence-corrected chi connectivity index (χ0v) is 12.5. The van der Waals surface area contributed by atoms with E-state index < -0.39 is 0 Å². The van der Waals surface area contributed by atoms with E-state index in [9.17, 15) is 0 Å². The lowest BCUT2D eigenvalue weighted by molar-refractivity contribution is 0.517. The van der Waals surface area contributed by atoms with Crippen LogP contribution in [-0.2, 0) is 6.54 Å². The minimum Gasteiger partial charge on any atom is -0.323 e. The Labute approximate surface area is 124 Å². The van der Waals surface area contributed by atoms with Crippen LogP contribution >= 0.6 is 12.2 Å². The maximum atomic E-state index is 9.02. The molecule has 0 N–H and O–H groups in total. The molecule has 0 bridgehead atoms. The van der Waals surface area contributed by atoms with Crippen LogP contribution < -0.4 is 0 Å². The van der Waals surface area contributed by atoms with Crippen molar-refractivity contribution >= 4 is 17.9 Å². The lowest BCUT2D eigenvalue weighted by Crippen LogP contribution is -2.05. The Kier molecular flexibility index (Phi) is 4.54. The van der Waals surface area contributed by atoms with E-state index in [0.717, 1.165) is 17.8 Å². The average molecular weight is 283 g/mol. The Morgan fingerprint density at radius 2 is 2.00 bits per heavy atom. The maximum absolute atomic E-state index is 9.02. The molecule has 1 heterocycles. The topological polar surface area (TPSA) is 33.6 Å². The molecule has 102 valence electrons. The van der Waals surface area contributed by atoms with Crippen molar-refractivity contribution < 1.29 is 0 Å². The van der Waals surface area contributed by atoms with Gasteiger partial charge in [-0.1, -0.05) is 44.2 Å². The molecular formula is C16H17N3S. The predicted molar refractivity (Wildman–Crippen MR) is 83.5 cm³/mol. The average Bonchev–Trinajstić information content (AvgIpc) is 2.78. The number of allylic oxidation sites excluding steroid dienone is 1. The second kappa shape index (κ2) is 6.36. The summed E-state index contributed by atoms with van der Waals surface area (Å²) in [6, 6.07) is 11.9. The van der Waals surface area contributed by atoms with Gasteiger partial charge < -0.3 is 4.57 Å². The highest BCUT2D eigenvalue weighted by Gasteiger charge is 2.08. The van der Waals surface area contributed by atoms with Gasteiger partial charge in [0.2, 0.25) is 0 Å². The summed E-state index contributed by atoms with van der Waals surface area (Å²) in [5.41, 5.74) is 1.79. The molecular weight excluding hydrogens is 266 g/mol. The van der Waals surface area contributed by atoms with Crippen LogP contribution in [0.1, 0.15) is 19.4 Å². The normalized spacial score (nSPS) is 11.6. The van der Waals surface area contributed by atoms with Gasteiger partial charge in [-0.3, -0.25) is 4.57 Å². The molecule has 0 fully saturated rings. The lowest BCUT2D eigenvalue weighted by atomic mass is 10.1. The van der Waals surface area contributed by atoms with Crippen LogP contribution in [0.4, 0.5) is 0 Å². The van der Waals surface area contributed by atoms with Gasteiger partial charge in [-0.15, -0.1) is 0 Å². The fourth-order valence-electron chi connectivity index (χ4n) is 2.09. The molecule has 20 heavy (non-hydrogen) atoms. The van der Waals surface area contributed by atoms with E-state index in [1.807, 2.05) is 51.9 Å². The first kappa shape index (κ1) is 14.3. The molecule has 1 aromatic heterocycles. The first-order chi connectivity index (χ1) is 9.63. The second-order valence-electron chi connectivity index (χ2n) is 5.02. The largest absolute Gasteiger partial charge is 0.323 e. The van der Waals surface area contributed by atoms with E-state index in [0.29, 0.717) is 10.7 Å². The van der Waals surface area contributed by atoms with Crippen LogP contribution in [0.2, 0.25) is 0 Å². The predicted octanol–water partition coefficient (Wildman–Crippen LogP) is 4.09. The van der Waals surface area contributed by atoms with Crippen molar-refractivity contribution in [2.45, 2.75) is 20.4 Å². The van der Waals surface area contributed by atoms with E-state index in [-0.39, 0.29) is 0 Å². The van der Waals surface area contributed by atoms with Crippen molar-refractivity contribution in [2.75, 3.05) is 0 Å². The Hall–Kier alpha value is -2.12. The van der Waals surface area contributed by atoms with Gasteiger partial charge in [0.05, 0.1) is 11.8 Å². The van der Waals surface area contributed by atoms with Gasteiger partial charge in [0.1, 0.15) is 0 Å². The SMILES string of the molecule is CC(C)Cn1ccn(/C(=C\C#N)c2ccccc2)c1=S. The molecule has 0 radical (unpaired) electrons. The molecule has 0 unspecified atom stereocenters. The molecule has 0 amide bonds. The monoisotopic (exact) mass is 283 g/mol. The van der Waals surface area contributed by atoms with Crippen molar-refractivity contribution in [1.82, 2.24) is 9.13 Å². The number of hydrogen-bond acceptors (Lipinski definition) is 2. The van der Waals surface area contributed by atoms with E-state index in [4.69, 9.17) is 17.5 Å². The molecule has 0 spiro atoms. The van der Waals surface area contributed by atoms with E-state index in [1.165, 1.54) is 6.08 Å². The molecule has 4 heteroatoms. The zero-order chi connectivity index (χ0) is 14.5. The van der Waals surface area contributed by atoms with Gasteiger partial charge in [-0.25, -0.2) is 0 Å². The first-order valence-electron chi connectivity index (χ1n) is 6.57. The molecule has 0 saturated carbocycles. The van der Waals surface area contributed by atoms with Crippen LogP contribution in [0.5, 0.6) is 0 Å². The van der Waals surface area contributed by atoms with Gasteiger partial charge in [-0.05, 0) is 23.7 Å². The summed E-state index contributed by atoms with van der Waals surface area (Å²) in [6.07, 6.45) is 5.42. The van der Waals surface area contributed by atoms with Crippen LogP contribution in [-0.4, -0.2) is 9.13 Å². The van der Waals surface area contributed by atoms with Crippen molar-refractivity contribution in [3.8, 4) is 6.07 Å². The third-order valence-corrected chi connectivity index (χ3v) is 3.37. The Balaban J connectivity index is 2.48. The van der Waals surface area contributed by atoms with Gasteiger partial charge >= 0.3 is 0 Å². The first-order valence-corrected chi connectivity index (χ1v) is 6.97. The van der Waals surface area contributed by atoms with Gasteiger partial charge in [-0.2, -0.15) is 5.26 Å². The van der Waals surface area contributed by atoms with E-state index >= 15 is 0 Å². The molecule has 2 rings (SSSR count). The van der Waals surface area contributed by atoms with Crippen molar-refractivity contribution in [3.05, 3.63) is 59.1 Å². The summed E-state index contributed by atoms with van der Waals surface area (Å²) in [5, 5.41) is 9.02. The Bertz CT molecular complexity index is 699. The van der Waals surface area contributed by atoms with Gasteiger partial charge in [0.25, 0.3) is 0 Å². The number of nitriles is 1. The summed E-state index contributed by atoms with van der Waals surface area (Å²) >= 11 is 5.51. The number of nitrogens with zero attached hydrogens (tertiary/aromatic N) is 3. The third kappa shape index (κ3) is 3.06. The molecule has 0 atom stereocenters. The number of imidazole rings is 1. The molecule has 0 aliphatic heterocycles. The summed E-state index contributed by atoms with van der Waals surface area (Å²) in [7, 11) is 0. The smallest absolute Gasteiger partial charge is 0.184 e. The number of benzene rings is 1. The van der Waals surface area contributed by atoms with Crippen molar-refractivity contribution in [2.24, 2.45) is 5.92 Å². The summed E-state index contributed by atoms with van der Waals surface area (Å²) in [4.78, 5) is 0. The van der Waals surface area contributed by atoms with Crippen LogP contribution in [0.15, 0.2) is 48.8 Å². The number of hydrogen-bond donors (Lipinski definition) is 0. The van der Waals surface area contributed by atoms with Crippen LogP contribution in [0.25, 0.3) is 5.70 Å². The molecule has 0 saturated heterocycles. The molecule has 2 aromatic rings. The maximum Gasteiger partial charge on any atom is 0.184 e. The summed E-state index contributed by atoms with van der Waals surface area (Å²) in [6.45, 7) is 5.19. The van der Waals surface area contributed by atoms with Crippen LogP contribution in [0.3, 0.4) is 0 Å². The quantitative estimate of drug-likeness (QED) is 0.625. The fraction of sp³-hybridized carbons (Fsp3) is 0.250. The van der Waals surface area contributed by atoms with E-state index in [1.54, 1.807) is 0 Å². The zero-order valence-electron chi connectivity index (χ0n) is 11.7. The highest BCUT2D eigenvalue weighted by atomic mass is 32.1. The molecule has 0 aliphatic rings. The van der Waals surface area contributed by atoms with Gasteiger partial charge in [0, 0.05) is 25.0 Å². The fourth-order valence-corrected chi connectivity index (χ4v) is 2.39. The standard InChI is InChI=1S/C16H17N3S/c1-13(2)12-18-10-11-19(16(18)20)15(8-9-17)14-6-4-3-5-7-14/h3-8,10-11,13H,12H2,1-2H3/b15-8-. The molecule has 1 aromatic carbocycles. The van der Waals surface area contributed by atoms with Crippen LogP contribution in [0, 0.1) is 22.0 Å². The van der Waals surface area contributed by atoms with Gasteiger partial charge in [0.15, 0.2) is 4.77 Å². The van der Waals surface area contributed by atoms with Crippen molar-refractivity contribution in [3.63, 3.8) is 0 Å². The minimum atomic E-state index is 0.526. The Morgan fingerprint density at radius 1 is 1.30 bits per heavy atom. The second-order valence-corrected chi connectivity index (χ2v) is 5.39. The van der Waals surface area contributed by atoms with E-state index in [2.05, 4.69) is 19.9 Å². The highest BCUT2D eigenvalue weighted by molar-refractivity contribution is 7.71. The molecule has 0 aliphatic carbocycles. The summed E-state index contributed by atoms with van der Waals surface area (Å²) in [5.74, 6) is 0.526.